The summed E-state index contributed by atoms with van der Waals surface area (Å²) in [4.78, 5) is 2.48. The van der Waals surface area contributed by atoms with Gasteiger partial charge in [-0.25, -0.2) is 0 Å². The van der Waals surface area contributed by atoms with Crippen LogP contribution in [0.15, 0.2) is 322 Å². The number of hydrogen-bond acceptors (Lipinski definition) is 2. The van der Waals surface area contributed by atoms with E-state index in [0.717, 1.165) is 41.4 Å². The molecule has 16 rings (SSSR count). The van der Waals surface area contributed by atoms with Crippen molar-refractivity contribution in [1.82, 2.24) is 0 Å². The molecule has 0 spiro atoms. The van der Waals surface area contributed by atoms with E-state index in [9.17, 15) is 0 Å². The second kappa shape index (κ2) is 22.9. The molecule has 2 nitrogen and oxygen atoms in total. The summed E-state index contributed by atoms with van der Waals surface area (Å²) in [5, 5.41) is 0. The van der Waals surface area contributed by atoms with Crippen molar-refractivity contribution in [2.45, 2.75) is 62.2 Å². The van der Waals surface area contributed by atoms with Crippen LogP contribution in [0.5, 0.6) is 11.5 Å². The van der Waals surface area contributed by atoms with Gasteiger partial charge in [-0.15, -0.1) is 0 Å². The van der Waals surface area contributed by atoms with Crippen LogP contribution in [0.3, 0.4) is 0 Å². The number of anilines is 3. The summed E-state index contributed by atoms with van der Waals surface area (Å²) in [6.07, 6.45) is 4.61. The van der Waals surface area contributed by atoms with E-state index in [0.29, 0.717) is 11.8 Å². The Morgan fingerprint density at radius 3 is 1.23 bits per heavy atom. The average molecular weight is 1160 g/mol. The summed E-state index contributed by atoms with van der Waals surface area (Å²) >= 11 is 0. The van der Waals surface area contributed by atoms with Crippen LogP contribution < -0.4 is 9.64 Å². The van der Waals surface area contributed by atoms with Gasteiger partial charge in [-0.1, -0.05) is 275 Å². The fourth-order valence-electron chi connectivity index (χ4n) is 15.5. The molecule has 13 aromatic rings. The highest BCUT2D eigenvalue weighted by molar-refractivity contribution is 5.92. The molecule has 0 saturated heterocycles. The van der Waals surface area contributed by atoms with Crippen LogP contribution in [-0.2, 0) is 23.7 Å². The van der Waals surface area contributed by atoms with Crippen LogP contribution in [-0.4, -0.2) is 0 Å². The van der Waals surface area contributed by atoms with Crippen molar-refractivity contribution < 1.29 is 4.74 Å². The zero-order valence-electron chi connectivity index (χ0n) is 50.9. The van der Waals surface area contributed by atoms with Crippen LogP contribution in [0.25, 0.3) is 44.5 Å². The molecule has 3 aliphatic rings. The molecule has 3 unspecified atom stereocenters. The molecule has 0 fully saturated rings. The Hall–Kier alpha value is -10.5. The Balaban J connectivity index is 0.763. The summed E-state index contributed by atoms with van der Waals surface area (Å²) in [6, 6.07) is 120. The molecule has 0 aromatic heterocycles. The van der Waals surface area contributed by atoms with Crippen LogP contribution in [0.1, 0.15) is 105 Å². The average Bonchev–Trinajstić information content (AvgIpc) is 1.54. The maximum atomic E-state index is 6.75. The summed E-state index contributed by atoms with van der Waals surface area (Å²) in [5.41, 5.74) is 27.6. The minimum atomic E-state index is -0.668. The highest BCUT2D eigenvalue weighted by atomic mass is 16.5. The maximum absolute atomic E-state index is 6.75. The van der Waals surface area contributed by atoms with Gasteiger partial charge in [0.1, 0.15) is 11.5 Å². The van der Waals surface area contributed by atoms with Gasteiger partial charge in [-0.05, 0) is 209 Å². The normalized spacial score (nSPS) is 15.3. The van der Waals surface area contributed by atoms with Crippen molar-refractivity contribution in [2.75, 3.05) is 4.90 Å². The summed E-state index contributed by atoms with van der Waals surface area (Å²) in [6.45, 7) is 4.69. The van der Waals surface area contributed by atoms with E-state index < -0.39 is 10.8 Å². The van der Waals surface area contributed by atoms with E-state index in [4.69, 9.17) is 4.74 Å². The predicted molar refractivity (Wildman–Crippen MR) is 373 cm³/mol. The minimum Gasteiger partial charge on any atom is -0.457 e. The van der Waals surface area contributed by atoms with Gasteiger partial charge >= 0.3 is 0 Å². The fraction of sp³-hybridized carbons (Fsp3) is 0.114. The zero-order valence-corrected chi connectivity index (χ0v) is 50.9. The van der Waals surface area contributed by atoms with Crippen molar-refractivity contribution in [2.24, 2.45) is 0 Å². The highest BCUT2D eigenvalue weighted by Gasteiger charge is 2.48. The number of aryl methyl sites for hydroxylation is 2. The first-order chi connectivity index (χ1) is 44.4. The Kier molecular flexibility index (Phi) is 13.9. The summed E-state index contributed by atoms with van der Waals surface area (Å²) < 4.78 is 6.75. The van der Waals surface area contributed by atoms with Gasteiger partial charge < -0.3 is 9.64 Å². The van der Waals surface area contributed by atoms with Crippen molar-refractivity contribution in [3.8, 4) is 56.0 Å². The molecule has 432 valence electrons. The first-order valence-corrected chi connectivity index (χ1v) is 32.2. The molecule has 0 N–H and O–H groups in total. The smallest absolute Gasteiger partial charge is 0.127 e. The lowest BCUT2D eigenvalue weighted by Gasteiger charge is -2.36. The van der Waals surface area contributed by atoms with Gasteiger partial charge in [0.25, 0.3) is 0 Å². The van der Waals surface area contributed by atoms with E-state index >= 15 is 0 Å². The van der Waals surface area contributed by atoms with Crippen LogP contribution >= 0.6 is 0 Å². The number of nitrogens with zero attached hydrogens (tertiary/aromatic N) is 1. The summed E-state index contributed by atoms with van der Waals surface area (Å²) in [7, 11) is 0. The van der Waals surface area contributed by atoms with E-state index in [1.54, 1.807) is 0 Å². The van der Waals surface area contributed by atoms with Crippen LogP contribution in [0.4, 0.5) is 17.1 Å². The van der Waals surface area contributed by atoms with E-state index in [1.165, 1.54) is 124 Å². The van der Waals surface area contributed by atoms with Crippen LogP contribution in [0.2, 0.25) is 0 Å². The number of fused-ring (bicyclic) bond motifs is 7. The monoisotopic (exact) mass is 1160 g/mol. The number of benzene rings is 13. The predicted octanol–water partition coefficient (Wildman–Crippen LogP) is 22.8. The Morgan fingerprint density at radius 2 is 0.733 bits per heavy atom. The second-order valence-electron chi connectivity index (χ2n) is 24.9. The van der Waals surface area contributed by atoms with E-state index in [2.05, 4.69) is 340 Å². The molecule has 0 heterocycles. The molecular formula is C88H69NO. The summed E-state index contributed by atoms with van der Waals surface area (Å²) in [5.74, 6) is 2.49. The number of rotatable bonds is 16. The van der Waals surface area contributed by atoms with Crippen molar-refractivity contribution >= 4 is 17.1 Å². The molecule has 0 amide bonds. The van der Waals surface area contributed by atoms with Gasteiger partial charge in [-0.3, -0.25) is 0 Å². The standard InChI is InChI=1S/C88H69NO/c1-3-61(64-32-34-66(35-33-64)68-38-36-67-37-39-69(67)57-68)56-60(2)62-42-50-77(51-43-62)90-78-52-44-73(45-53-78)88(72-26-14-7-15-27-72)84-31-19-17-29-80(84)82-55-49-76(59-86(82)88)89(74-46-40-65(41-47-74)63-20-8-4-9-21-63)75-48-54-81-79-28-16-18-30-83(79)87(85(81)58-75,70-22-10-5-11-23-70)71-24-12-6-13-25-71/h4-36,38,40-55,57-61H,3,37,39,56H2,1-2H3. The first-order valence-electron chi connectivity index (χ1n) is 32.2. The quantitative estimate of drug-likeness (QED) is 0.0956. The third-order valence-electron chi connectivity index (χ3n) is 20.1. The minimum absolute atomic E-state index is 0.389. The lowest BCUT2D eigenvalue weighted by atomic mass is 9.67. The molecule has 2 heteroatoms. The molecule has 3 aliphatic carbocycles. The molecule has 0 radical (unpaired) electrons. The first kappa shape index (κ1) is 54.8. The van der Waals surface area contributed by atoms with Crippen molar-refractivity contribution in [1.29, 1.82) is 0 Å². The number of hydrogen-bond donors (Lipinski definition) is 0. The molecule has 0 aliphatic heterocycles. The lowest BCUT2D eigenvalue weighted by Crippen LogP contribution is -2.29. The van der Waals surface area contributed by atoms with Gasteiger partial charge in [0.05, 0.1) is 10.8 Å². The third-order valence-corrected chi connectivity index (χ3v) is 20.1. The molecule has 0 bridgehead atoms. The van der Waals surface area contributed by atoms with Gasteiger partial charge in [-0.2, -0.15) is 0 Å². The second-order valence-corrected chi connectivity index (χ2v) is 24.9. The maximum Gasteiger partial charge on any atom is 0.127 e. The SMILES string of the molecule is CCC(CC(C)c1ccc(Oc2ccc(C3(c4ccccc4)c4ccccc4-c4ccc(N(c5ccc(-c6ccccc6)cc5)c5ccc6c(c5)C(c5ccccc5)(c5ccccc5)c5ccccc5-6)cc43)cc2)cc1)c1ccc(-c2ccc3c(c2)CC3)cc1. The molecule has 3 atom stereocenters. The largest absolute Gasteiger partial charge is 0.457 e. The van der Waals surface area contributed by atoms with Crippen LogP contribution in [0, 0.1) is 0 Å². The zero-order chi connectivity index (χ0) is 60.2. The lowest BCUT2D eigenvalue weighted by molar-refractivity contribution is 0.481. The Bertz CT molecular complexity index is 4690. The Morgan fingerprint density at radius 1 is 0.333 bits per heavy atom. The van der Waals surface area contributed by atoms with Gasteiger partial charge in [0.15, 0.2) is 0 Å². The van der Waals surface area contributed by atoms with Crippen molar-refractivity contribution in [3.05, 3.63) is 388 Å². The molecule has 0 saturated carbocycles. The number of ether oxygens (including phenoxy) is 1. The van der Waals surface area contributed by atoms with Gasteiger partial charge in [0, 0.05) is 17.1 Å². The molecular weight excluding hydrogens is 1090 g/mol. The highest BCUT2D eigenvalue weighted by Crippen LogP contribution is 2.60. The van der Waals surface area contributed by atoms with E-state index in [1.807, 2.05) is 0 Å². The molecule has 13 aromatic carbocycles. The third kappa shape index (κ3) is 9.23. The Labute approximate surface area is 530 Å². The van der Waals surface area contributed by atoms with Gasteiger partial charge in [0.2, 0.25) is 0 Å². The molecule has 90 heavy (non-hydrogen) atoms. The van der Waals surface area contributed by atoms with Crippen molar-refractivity contribution in [3.63, 3.8) is 0 Å². The fourth-order valence-corrected chi connectivity index (χ4v) is 15.5. The topological polar surface area (TPSA) is 12.5 Å². The van der Waals surface area contributed by atoms with E-state index in [-0.39, 0.29) is 0 Å².